The smallest absolute Gasteiger partial charge is 0.290 e. The molecule has 2 N–H and O–H groups in total. The Morgan fingerprint density at radius 2 is 2.07 bits per heavy atom. The maximum Gasteiger partial charge on any atom is 0.290 e. The Balaban J connectivity index is 3.03. The van der Waals surface area contributed by atoms with Gasteiger partial charge >= 0.3 is 0 Å². The highest BCUT2D eigenvalue weighted by atomic mass is 16.5. The summed E-state index contributed by atoms with van der Waals surface area (Å²) in [5.41, 5.74) is 1.24. The molecule has 15 heavy (non-hydrogen) atoms. The van der Waals surface area contributed by atoms with Gasteiger partial charge in [-0.1, -0.05) is 12.1 Å². The number of benzene rings is 1. The van der Waals surface area contributed by atoms with E-state index in [4.69, 9.17) is 5.11 Å². The molecule has 1 heterocycles. The Morgan fingerprint density at radius 1 is 1.40 bits per heavy atom. The van der Waals surface area contributed by atoms with Gasteiger partial charge in [0.05, 0.1) is 4.43 Å². The average molecular weight is 207 g/mol. The highest BCUT2D eigenvalue weighted by Gasteiger charge is 2.20. The molecule has 5 nitrogen and oxygen atoms in total. The summed E-state index contributed by atoms with van der Waals surface area (Å²) in [6.07, 6.45) is 0. The Bertz CT molecular complexity index is 575. The number of fused-ring (bicyclic) bond motifs is 1. The van der Waals surface area contributed by atoms with Crippen LogP contribution >= 0.6 is 0 Å². The predicted molar refractivity (Wildman–Crippen MR) is 53.1 cm³/mol. The number of rotatable bonds is 1. The number of nitrogens with zero attached hydrogens (tertiary/aromatic N) is 2. The molecule has 0 radical (unpaired) electrons. The fourth-order valence-corrected chi connectivity index (χ4v) is 1.59. The van der Waals surface area contributed by atoms with Crippen LogP contribution in [-0.2, 0) is 6.61 Å². The van der Waals surface area contributed by atoms with Crippen LogP contribution in [0.2, 0.25) is 0 Å². The fraction of sp³-hybridized carbons (Fsp3) is 0.200. The molecule has 5 heteroatoms. The quantitative estimate of drug-likeness (QED) is 0.531. The Labute approximate surface area is 85.4 Å². The van der Waals surface area contributed by atoms with Crippen LogP contribution < -0.4 is 4.43 Å². The van der Waals surface area contributed by atoms with Gasteiger partial charge in [0.15, 0.2) is 5.52 Å². The highest BCUT2D eigenvalue weighted by molar-refractivity contribution is 5.71. The van der Waals surface area contributed by atoms with Crippen molar-refractivity contribution in [3.63, 3.8) is 0 Å². The highest BCUT2D eigenvalue weighted by Crippen LogP contribution is 2.12. The molecule has 0 saturated carbocycles. The van der Waals surface area contributed by atoms with Crippen LogP contribution in [0.25, 0.3) is 11.0 Å². The van der Waals surface area contributed by atoms with Gasteiger partial charge < -0.3 is 10.3 Å². The SMILES string of the molecule is Cc1c(CO)[n+](=O)c2ccccc2n1O. The summed E-state index contributed by atoms with van der Waals surface area (Å²) in [5.74, 6) is 0. The fourth-order valence-electron chi connectivity index (χ4n) is 1.59. The van der Waals surface area contributed by atoms with Crippen molar-refractivity contribution in [1.29, 1.82) is 0 Å². The van der Waals surface area contributed by atoms with Crippen LogP contribution in [0.15, 0.2) is 24.3 Å². The lowest BCUT2D eigenvalue weighted by Gasteiger charge is -2.04. The number of aromatic nitrogens is 2. The number of aliphatic hydroxyl groups is 1. The van der Waals surface area contributed by atoms with E-state index in [1.807, 2.05) is 0 Å². The van der Waals surface area contributed by atoms with Crippen LogP contribution in [0.4, 0.5) is 0 Å². The summed E-state index contributed by atoms with van der Waals surface area (Å²) in [6.45, 7) is 1.17. The van der Waals surface area contributed by atoms with Crippen molar-refractivity contribution in [2.75, 3.05) is 0 Å². The van der Waals surface area contributed by atoms with Crippen LogP contribution in [-0.4, -0.2) is 15.0 Å². The zero-order chi connectivity index (χ0) is 11.0. The van der Waals surface area contributed by atoms with Crippen molar-refractivity contribution in [2.24, 2.45) is 0 Å². The van der Waals surface area contributed by atoms with E-state index in [-0.39, 0.29) is 5.69 Å². The van der Waals surface area contributed by atoms with E-state index in [0.717, 1.165) is 4.73 Å². The maximum absolute atomic E-state index is 11.8. The third kappa shape index (κ3) is 1.28. The van der Waals surface area contributed by atoms with Crippen LogP contribution in [0.5, 0.6) is 0 Å². The van der Waals surface area contributed by atoms with Crippen molar-refractivity contribution < 1.29 is 14.7 Å². The minimum atomic E-state index is -0.402. The average Bonchev–Trinajstić information content (AvgIpc) is 2.27. The van der Waals surface area contributed by atoms with Crippen molar-refractivity contribution in [3.05, 3.63) is 40.6 Å². The van der Waals surface area contributed by atoms with Gasteiger partial charge in [0.2, 0.25) is 0 Å². The number of para-hydroxylation sites is 2. The number of hydrogen-bond acceptors (Lipinski definition) is 3. The van der Waals surface area contributed by atoms with Crippen molar-refractivity contribution in [1.82, 2.24) is 4.73 Å². The minimum absolute atomic E-state index is 0.149. The lowest BCUT2D eigenvalue weighted by molar-refractivity contribution is -0.480. The molecule has 0 fully saturated rings. The van der Waals surface area contributed by atoms with Crippen LogP contribution in [0.1, 0.15) is 11.4 Å². The van der Waals surface area contributed by atoms with Gasteiger partial charge in [-0.2, -0.15) is 4.73 Å². The third-order valence-corrected chi connectivity index (χ3v) is 2.46. The molecule has 2 aromatic rings. The molecular weight excluding hydrogens is 196 g/mol. The van der Waals surface area contributed by atoms with Gasteiger partial charge in [0, 0.05) is 11.0 Å². The Morgan fingerprint density at radius 3 is 2.73 bits per heavy atom. The van der Waals surface area contributed by atoms with E-state index >= 15 is 0 Å². The molecule has 0 aliphatic carbocycles. The standard InChI is InChI=1S/C10H11N2O3/c1-7-10(6-13)12(15)9-5-3-2-4-8(9)11(7)14/h2-5,13-14H,6H2,1H3/q+1. The second-order valence-corrected chi connectivity index (χ2v) is 3.29. The summed E-state index contributed by atoms with van der Waals surface area (Å²) in [5, 5.41) is 18.8. The Hall–Kier alpha value is -1.88. The molecule has 1 aromatic carbocycles. The molecule has 0 unspecified atom stereocenters. The third-order valence-electron chi connectivity index (χ3n) is 2.46. The number of aliphatic hydroxyl groups excluding tert-OH is 1. The van der Waals surface area contributed by atoms with Gasteiger partial charge in [-0.3, -0.25) is 0 Å². The number of hydrogen-bond donors (Lipinski definition) is 2. The lowest BCUT2D eigenvalue weighted by atomic mass is 10.2. The van der Waals surface area contributed by atoms with E-state index in [2.05, 4.69) is 0 Å². The Kier molecular flexibility index (Phi) is 2.17. The normalized spacial score (nSPS) is 10.8. The van der Waals surface area contributed by atoms with E-state index in [0.29, 0.717) is 21.2 Å². The second kappa shape index (κ2) is 3.36. The first-order chi connectivity index (χ1) is 7.16. The predicted octanol–water partition coefficient (Wildman–Crippen LogP) is 0.594. The largest absolute Gasteiger partial charge is 0.428 e. The van der Waals surface area contributed by atoms with E-state index in [1.54, 1.807) is 31.2 Å². The summed E-state index contributed by atoms with van der Waals surface area (Å²) >= 11 is 0. The monoisotopic (exact) mass is 207 g/mol. The molecule has 0 atom stereocenters. The van der Waals surface area contributed by atoms with E-state index in [1.165, 1.54) is 0 Å². The summed E-state index contributed by atoms with van der Waals surface area (Å²) in [6, 6.07) is 6.66. The molecule has 0 amide bonds. The molecule has 0 saturated heterocycles. The lowest BCUT2D eigenvalue weighted by Crippen LogP contribution is -2.27. The molecule has 0 bridgehead atoms. The van der Waals surface area contributed by atoms with Gasteiger partial charge in [-0.15, -0.1) is 0 Å². The molecule has 2 rings (SSSR count). The van der Waals surface area contributed by atoms with Crippen molar-refractivity contribution in [2.45, 2.75) is 13.5 Å². The van der Waals surface area contributed by atoms with Gasteiger partial charge in [-0.05, 0) is 13.0 Å². The van der Waals surface area contributed by atoms with Gasteiger partial charge in [0.25, 0.3) is 11.2 Å². The van der Waals surface area contributed by atoms with Gasteiger partial charge in [0.1, 0.15) is 12.3 Å². The molecule has 0 aliphatic rings. The van der Waals surface area contributed by atoms with Gasteiger partial charge in [-0.25, -0.2) is 0 Å². The van der Waals surface area contributed by atoms with Crippen molar-refractivity contribution >= 4 is 11.0 Å². The molecule has 78 valence electrons. The molecule has 1 aromatic heterocycles. The summed E-state index contributed by atoms with van der Waals surface area (Å²) in [4.78, 5) is 11.8. The zero-order valence-electron chi connectivity index (χ0n) is 8.21. The van der Waals surface area contributed by atoms with E-state index < -0.39 is 6.61 Å². The van der Waals surface area contributed by atoms with E-state index in [9.17, 15) is 10.1 Å². The molecule has 0 spiro atoms. The summed E-state index contributed by atoms with van der Waals surface area (Å²) < 4.78 is 1.55. The van der Waals surface area contributed by atoms with Crippen LogP contribution in [0, 0.1) is 11.8 Å². The molecule has 0 aliphatic heterocycles. The first-order valence-electron chi connectivity index (χ1n) is 4.52. The van der Waals surface area contributed by atoms with Crippen LogP contribution in [0.3, 0.4) is 0 Å². The minimum Gasteiger partial charge on any atom is -0.428 e. The first-order valence-corrected chi connectivity index (χ1v) is 4.52. The second-order valence-electron chi connectivity index (χ2n) is 3.29. The molecular formula is C10H11N2O3+. The first kappa shape index (κ1) is 9.67. The maximum atomic E-state index is 11.8. The summed E-state index contributed by atoms with van der Waals surface area (Å²) in [7, 11) is 0. The van der Waals surface area contributed by atoms with Crippen molar-refractivity contribution in [3.8, 4) is 0 Å². The zero-order valence-corrected chi connectivity index (χ0v) is 8.21. The topological polar surface area (TPSA) is 68.4 Å².